The van der Waals surface area contributed by atoms with Crippen LogP contribution in [-0.4, -0.2) is 25.4 Å². The van der Waals surface area contributed by atoms with E-state index in [-0.39, 0.29) is 5.78 Å². The topological polar surface area (TPSA) is 21.5 Å². The van der Waals surface area contributed by atoms with Crippen molar-refractivity contribution in [2.24, 2.45) is 0 Å². The van der Waals surface area contributed by atoms with E-state index >= 15 is 0 Å². The van der Waals surface area contributed by atoms with Crippen LogP contribution >= 0.6 is 0 Å². The number of hydrogen-bond donors (Lipinski definition) is 1. The highest BCUT2D eigenvalue weighted by Crippen LogP contribution is 1.99. The number of hydrogen-bond acceptors (Lipinski definition) is 1. The van der Waals surface area contributed by atoms with Gasteiger partial charge in [0.2, 0.25) is 5.78 Å². The lowest BCUT2D eigenvalue weighted by atomic mass is 10.0. The molecular weight excluding hydrogens is 126 g/mol. The van der Waals surface area contributed by atoms with E-state index in [2.05, 4.69) is 14.0 Å². The molecule has 2 nitrogen and oxygen atoms in total. The van der Waals surface area contributed by atoms with Crippen molar-refractivity contribution in [1.82, 2.24) is 0 Å². The molecule has 0 radical (unpaired) electrons. The van der Waals surface area contributed by atoms with Crippen molar-refractivity contribution in [1.29, 1.82) is 0 Å². The van der Waals surface area contributed by atoms with E-state index in [1.165, 1.54) is 10.5 Å². The molecule has 0 aliphatic carbocycles. The molecule has 0 amide bonds. The van der Waals surface area contributed by atoms with E-state index in [0.717, 1.165) is 0 Å². The quantitative estimate of drug-likeness (QED) is 0.477. The van der Waals surface area contributed by atoms with Crippen LogP contribution < -0.4 is 4.90 Å². The van der Waals surface area contributed by atoms with E-state index < -0.39 is 0 Å². The molecule has 1 N–H and O–H groups in total. The third-order valence-corrected chi connectivity index (χ3v) is 2.26. The second-order valence-electron chi connectivity index (χ2n) is 3.10. The Morgan fingerprint density at radius 1 is 1.70 bits per heavy atom. The SMILES string of the molecule is CC1=CC(=O)C[NH+](C)[C@H]1C. The summed E-state index contributed by atoms with van der Waals surface area (Å²) in [5, 5.41) is 0. The summed E-state index contributed by atoms with van der Waals surface area (Å²) in [7, 11) is 2.05. The summed E-state index contributed by atoms with van der Waals surface area (Å²) in [6.07, 6.45) is 1.76. The van der Waals surface area contributed by atoms with Gasteiger partial charge in [-0.1, -0.05) is 0 Å². The van der Waals surface area contributed by atoms with E-state index in [9.17, 15) is 4.79 Å². The molecule has 0 fully saturated rings. The molecular formula is C8H14NO+. The highest BCUT2D eigenvalue weighted by Gasteiger charge is 2.22. The second-order valence-corrected chi connectivity index (χ2v) is 3.10. The Morgan fingerprint density at radius 3 is 2.80 bits per heavy atom. The Bertz CT molecular complexity index is 184. The summed E-state index contributed by atoms with van der Waals surface area (Å²) < 4.78 is 0. The lowest BCUT2D eigenvalue weighted by Gasteiger charge is -2.24. The molecule has 56 valence electrons. The Morgan fingerprint density at radius 2 is 2.30 bits per heavy atom. The maximum atomic E-state index is 10.9. The first kappa shape index (κ1) is 7.48. The zero-order chi connectivity index (χ0) is 7.72. The number of nitrogens with one attached hydrogen (secondary N) is 1. The normalized spacial score (nSPS) is 33.9. The van der Waals surface area contributed by atoms with Gasteiger partial charge in [0.1, 0.15) is 12.6 Å². The molecule has 0 spiro atoms. The Balaban J connectivity index is 2.80. The van der Waals surface area contributed by atoms with Gasteiger partial charge in [0.05, 0.1) is 7.05 Å². The van der Waals surface area contributed by atoms with Crippen molar-refractivity contribution in [2.45, 2.75) is 19.9 Å². The first-order valence-corrected chi connectivity index (χ1v) is 3.64. The average molecular weight is 140 g/mol. The van der Waals surface area contributed by atoms with Gasteiger partial charge in [0.15, 0.2) is 0 Å². The predicted molar refractivity (Wildman–Crippen MR) is 40.0 cm³/mol. The highest BCUT2D eigenvalue weighted by atomic mass is 16.1. The summed E-state index contributed by atoms with van der Waals surface area (Å²) >= 11 is 0. The summed E-state index contributed by atoms with van der Waals surface area (Å²) in [5.74, 6) is 0.258. The van der Waals surface area contributed by atoms with Crippen LogP contribution in [0.25, 0.3) is 0 Å². The minimum Gasteiger partial charge on any atom is -0.325 e. The molecule has 1 heterocycles. The molecule has 1 aliphatic rings. The molecule has 0 saturated carbocycles. The number of rotatable bonds is 0. The minimum atomic E-state index is 0.258. The summed E-state index contributed by atoms with van der Waals surface area (Å²) in [6.45, 7) is 4.82. The average Bonchev–Trinajstić information content (AvgIpc) is 1.82. The fourth-order valence-corrected chi connectivity index (χ4v) is 1.25. The van der Waals surface area contributed by atoms with Crippen molar-refractivity contribution in [2.75, 3.05) is 13.6 Å². The van der Waals surface area contributed by atoms with Crippen LogP contribution in [0.2, 0.25) is 0 Å². The number of carbonyl (C=O) groups is 1. The number of likely N-dealkylation sites (N-methyl/N-ethyl adjacent to an activating group) is 1. The van der Waals surface area contributed by atoms with Gasteiger partial charge in [-0.05, 0) is 25.5 Å². The number of ketones is 1. The lowest BCUT2D eigenvalue weighted by molar-refractivity contribution is -0.890. The molecule has 0 aromatic heterocycles. The van der Waals surface area contributed by atoms with Gasteiger partial charge >= 0.3 is 0 Å². The molecule has 1 rings (SSSR count). The largest absolute Gasteiger partial charge is 0.325 e. The number of quaternary nitrogens is 1. The van der Waals surface area contributed by atoms with Gasteiger partial charge < -0.3 is 4.90 Å². The minimum absolute atomic E-state index is 0.258. The first-order valence-electron chi connectivity index (χ1n) is 3.64. The molecule has 0 bridgehead atoms. The van der Waals surface area contributed by atoms with Crippen molar-refractivity contribution in [3.8, 4) is 0 Å². The van der Waals surface area contributed by atoms with Gasteiger partial charge in [0, 0.05) is 0 Å². The van der Waals surface area contributed by atoms with Crippen LogP contribution in [0.5, 0.6) is 0 Å². The molecule has 0 saturated heterocycles. The smallest absolute Gasteiger partial charge is 0.209 e. The van der Waals surface area contributed by atoms with Crippen LogP contribution in [-0.2, 0) is 4.79 Å². The van der Waals surface area contributed by atoms with Crippen LogP contribution in [0, 0.1) is 0 Å². The highest BCUT2D eigenvalue weighted by molar-refractivity contribution is 5.91. The van der Waals surface area contributed by atoms with Gasteiger partial charge in [-0.3, -0.25) is 4.79 Å². The van der Waals surface area contributed by atoms with Crippen molar-refractivity contribution < 1.29 is 9.69 Å². The monoisotopic (exact) mass is 140 g/mol. The zero-order valence-corrected chi connectivity index (χ0v) is 6.77. The zero-order valence-electron chi connectivity index (χ0n) is 6.77. The van der Waals surface area contributed by atoms with Gasteiger partial charge in [-0.25, -0.2) is 0 Å². The number of carbonyl (C=O) groups excluding carboxylic acids is 1. The third kappa shape index (κ3) is 1.27. The van der Waals surface area contributed by atoms with Gasteiger partial charge in [-0.15, -0.1) is 0 Å². The third-order valence-electron chi connectivity index (χ3n) is 2.26. The van der Waals surface area contributed by atoms with Crippen LogP contribution in [0.15, 0.2) is 11.6 Å². The fourth-order valence-electron chi connectivity index (χ4n) is 1.25. The molecule has 2 atom stereocenters. The molecule has 2 heteroatoms. The van der Waals surface area contributed by atoms with E-state index in [1.54, 1.807) is 6.08 Å². The van der Waals surface area contributed by atoms with E-state index in [4.69, 9.17) is 0 Å². The Labute approximate surface area is 61.5 Å². The summed E-state index contributed by atoms with van der Waals surface area (Å²) in [6, 6.07) is 0.512. The molecule has 10 heavy (non-hydrogen) atoms. The lowest BCUT2D eigenvalue weighted by Crippen LogP contribution is -3.14. The van der Waals surface area contributed by atoms with Crippen molar-refractivity contribution in [3.05, 3.63) is 11.6 Å². The van der Waals surface area contributed by atoms with E-state index in [1.807, 2.05) is 6.92 Å². The van der Waals surface area contributed by atoms with E-state index in [0.29, 0.717) is 12.6 Å². The summed E-state index contributed by atoms with van der Waals surface area (Å²) in [4.78, 5) is 12.2. The van der Waals surface area contributed by atoms with Crippen molar-refractivity contribution in [3.63, 3.8) is 0 Å². The summed E-state index contributed by atoms with van der Waals surface area (Å²) in [5.41, 5.74) is 1.20. The molecule has 1 unspecified atom stereocenters. The second kappa shape index (κ2) is 2.54. The standard InChI is InChI=1S/C8H13NO/c1-6-4-8(10)5-9(3)7(6)2/h4,7H,5H2,1-3H3/p+1/t7-/m0/s1. The molecule has 0 aromatic carbocycles. The first-order chi connectivity index (χ1) is 4.61. The maximum absolute atomic E-state index is 10.9. The van der Waals surface area contributed by atoms with Crippen LogP contribution in [0.1, 0.15) is 13.8 Å². The molecule has 1 aliphatic heterocycles. The Kier molecular flexibility index (Phi) is 1.90. The van der Waals surface area contributed by atoms with Gasteiger partial charge in [0.25, 0.3) is 0 Å². The van der Waals surface area contributed by atoms with Crippen LogP contribution in [0.3, 0.4) is 0 Å². The van der Waals surface area contributed by atoms with Crippen molar-refractivity contribution >= 4 is 5.78 Å². The van der Waals surface area contributed by atoms with Crippen LogP contribution in [0.4, 0.5) is 0 Å². The predicted octanol–water partition coefficient (Wildman–Crippen LogP) is -0.581. The Hall–Kier alpha value is -0.630. The maximum Gasteiger partial charge on any atom is 0.209 e. The van der Waals surface area contributed by atoms with Gasteiger partial charge in [-0.2, -0.15) is 0 Å². The fraction of sp³-hybridized carbons (Fsp3) is 0.625. The molecule has 0 aromatic rings.